The van der Waals surface area contributed by atoms with Crippen molar-refractivity contribution in [2.45, 2.75) is 38.8 Å². The highest BCUT2D eigenvalue weighted by atomic mass is 19.1. The molecule has 0 bridgehead atoms. The molecule has 0 radical (unpaired) electrons. The number of aryl methyl sites for hydroxylation is 1. The summed E-state index contributed by atoms with van der Waals surface area (Å²) in [4.78, 5) is 11.8. The highest BCUT2D eigenvalue weighted by Crippen LogP contribution is 2.45. The van der Waals surface area contributed by atoms with Crippen molar-refractivity contribution >= 4 is 27.6 Å². The van der Waals surface area contributed by atoms with Gasteiger partial charge in [0.25, 0.3) is 0 Å². The Bertz CT molecular complexity index is 1950. The fraction of sp³-hybridized carbons (Fsp3) is 0.242. The van der Waals surface area contributed by atoms with Crippen molar-refractivity contribution in [3.63, 3.8) is 0 Å². The van der Waals surface area contributed by atoms with Gasteiger partial charge in [-0.3, -0.25) is 10.1 Å². The monoisotopic (exact) mass is 581 g/mol. The largest absolute Gasteiger partial charge is 0.370 e. The van der Waals surface area contributed by atoms with Crippen LogP contribution in [0.1, 0.15) is 37.1 Å². The van der Waals surface area contributed by atoms with Gasteiger partial charge in [-0.25, -0.2) is 13.8 Å². The lowest BCUT2D eigenvalue weighted by Gasteiger charge is -2.34. The molecule has 5 heterocycles. The first-order valence-electron chi connectivity index (χ1n) is 14.3. The number of hydrogen-bond acceptors (Lipinski definition) is 5. The maximum absolute atomic E-state index is 14.5. The minimum Gasteiger partial charge on any atom is -0.370 e. The summed E-state index contributed by atoms with van der Waals surface area (Å²) in [6, 6.07) is 12.9. The fourth-order valence-corrected chi connectivity index (χ4v) is 6.10. The van der Waals surface area contributed by atoms with Gasteiger partial charge in [0.1, 0.15) is 17.3 Å². The minimum absolute atomic E-state index is 0.0808. The molecule has 3 N–H and O–H groups in total. The summed E-state index contributed by atoms with van der Waals surface area (Å²) in [5.41, 5.74) is 12.9. The van der Waals surface area contributed by atoms with Crippen LogP contribution in [0.15, 0.2) is 67.1 Å². The van der Waals surface area contributed by atoms with Gasteiger partial charge in [-0.2, -0.15) is 9.49 Å². The van der Waals surface area contributed by atoms with E-state index in [0.717, 1.165) is 52.4 Å². The van der Waals surface area contributed by atoms with Gasteiger partial charge in [0.15, 0.2) is 0 Å². The van der Waals surface area contributed by atoms with E-state index in [1.807, 2.05) is 43.6 Å². The second-order valence-corrected chi connectivity index (χ2v) is 11.4. The van der Waals surface area contributed by atoms with Gasteiger partial charge in [-0.15, -0.1) is 0 Å². The predicted molar refractivity (Wildman–Crippen MR) is 162 cm³/mol. The molecule has 1 atom stereocenters. The Balaban J connectivity index is 1.54. The molecule has 43 heavy (non-hydrogen) atoms. The number of aromatic amines is 1. The summed E-state index contributed by atoms with van der Waals surface area (Å²) in [6.45, 7) is 5.40. The Kier molecular flexibility index (Phi) is 6.65. The van der Waals surface area contributed by atoms with Crippen molar-refractivity contribution < 1.29 is 13.2 Å². The second kappa shape index (κ2) is 10.5. The third-order valence-electron chi connectivity index (χ3n) is 8.44. The zero-order valence-electron chi connectivity index (χ0n) is 23.8. The molecule has 0 aliphatic carbocycles. The van der Waals surface area contributed by atoms with Crippen LogP contribution in [0.5, 0.6) is 0 Å². The number of halogens is 3. The van der Waals surface area contributed by atoms with E-state index < -0.39 is 17.6 Å². The zero-order valence-corrected chi connectivity index (χ0v) is 23.8. The fourth-order valence-electron chi connectivity index (χ4n) is 6.10. The van der Waals surface area contributed by atoms with E-state index in [2.05, 4.69) is 31.6 Å². The Morgan fingerprint density at radius 2 is 1.67 bits per heavy atom. The summed E-state index contributed by atoms with van der Waals surface area (Å²) in [7, 11) is 0. The third kappa shape index (κ3) is 4.81. The first-order chi connectivity index (χ1) is 20.8. The average Bonchev–Trinajstić information content (AvgIpc) is 3.57. The molecule has 1 aliphatic rings. The molecule has 10 heteroatoms. The van der Waals surface area contributed by atoms with Crippen LogP contribution in [0.2, 0.25) is 0 Å². The van der Waals surface area contributed by atoms with E-state index in [0.29, 0.717) is 40.8 Å². The summed E-state index contributed by atoms with van der Waals surface area (Å²) in [5, 5.41) is 7.78. The number of nitrogens with one attached hydrogen (secondary N) is 1. The Morgan fingerprint density at radius 1 is 0.907 bits per heavy atom. The van der Waals surface area contributed by atoms with Crippen LogP contribution in [0.3, 0.4) is 0 Å². The van der Waals surface area contributed by atoms with Crippen LogP contribution >= 0.6 is 0 Å². The standard InChI is InChI=1S/C33H30F3N7/c1-18-3-6-28(38-15-18)19(2)43-17-27(20-4-5-25-29(13-20)40-41-32(25)36)30-31(42-9-7-24(37)8-10-42)26(16-39-33(30)43)21-11-22(34)14-23(35)12-21/h3-6,11-17,19,24H,7-10,37H2,1-2H3,(H,40,41). The number of nitrogens with zero attached hydrogens (tertiary/aromatic N) is 5. The van der Waals surface area contributed by atoms with E-state index in [1.165, 1.54) is 12.1 Å². The lowest BCUT2D eigenvalue weighted by molar-refractivity contribution is 0.502. The number of H-pyrrole nitrogens is 1. The smallest absolute Gasteiger partial charge is 0.216 e. The zero-order chi connectivity index (χ0) is 29.8. The molecule has 1 aliphatic heterocycles. The van der Waals surface area contributed by atoms with Crippen LogP contribution in [0, 0.1) is 24.5 Å². The second-order valence-electron chi connectivity index (χ2n) is 11.4. The number of fused-ring (bicyclic) bond motifs is 2. The van der Waals surface area contributed by atoms with Crippen LogP contribution in [-0.2, 0) is 0 Å². The van der Waals surface area contributed by atoms with Crippen molar-refractivity contribution in [2.24, 2.45) is 5.73 Å². The van der Waals surface area contributed by atoms with Crippen LogP contribution < -0.4 is 10.6 Å². The lowest BCUT2D eigenvalue weighted by Crippen LogP contribution is -2.40. The summed E-state index contributed by atoms with van der Waals surface area (Å²) in [5.74, 6) is -1.82. The summed E-state index contributed by atoms with van der Waals surface area (Å²) >= 11 is 0. The number of rotatable bonds is 5. The maximum atomic E-state index is 14.5. The average molecular weight is 582 g/mol. The van der Waals surface area contributed by atoms with Gasteiger partial charge in [0.05, 0.1) is 33.7 Å². The molecule has 0 spiro atoms. The number of nitrogens with two attached hydrogens (primary N) is 1. The van der Waals surface area contributed by atoms with Gasteiger partial charge >= 0.3 is 0 Å². The number of piperidine rings is 1. The maximum Gasteiger partial charge on any atom is 0.216 e. The third-order valence-corrected chi connectivity index (χ3v) is 8.44. The lowest BCUT2D eigenvalue weighted by atomic mass is 9.96. The molecule has 4 aromatic heterocycles. The SMILES string of the molecule is Cc1ccc(C(C)n2cc(-c3ccc4c(F)[nH]nc4c3)c3c(N4CCC(N)CC4)c(-c4cc(F)cc(F)c4)cnc32)nc1. The van der Waals surface area contributed by atoms with Crippen LogP contribution in [0.4, 0.5) is 18.9 Å². The number of anilines is 1. The Hall–Kier alpha value is -4.70. The summed E-state index contributed by atoms with van der Waals surface area (Å²) < 4.78 is 45.4. The molecule has 0 amide bonds. The number of aromatic nitrogens is 5. The Labute approximate surface area is 246 Å². The molecule has 2 aromatic carbocycles. The highest BCUT2D eigenvalue weighted by Gasteiger charge is 2.28. The van der Waals surface area contributed by atoms with E-state index in [1.54, 1.807) is 12.3 Å². The van der Waals surface area contributed by atoms with Gasteiger partial charge in [-0.1, -0.05) is 12.1 Å². The van der Waals surface area contributed by atoms with E-state index in [9.17, 15) is 13.2 Å². The molecule has 7 rings (SSSR count). The first kappa shape index (κ1) is 27.2. The van der Waals surface area contributed by atoms with E-state index >= 15 is 0 Å². The number of hydrogen-bond donors (Lipinski definition) is 2. The molecule has 1 unspecified atom stereocenters. The number of benzene rings is 2. The summed E-state index contributed by atoms with van der Waals surface area (Å²) in [6.07, 6.45) is 7.12. The molecule has 6 aromatic rings. The molecule has 0 saturated carbocycles. The van der Waals surface area contributed by atoms with Crippen molar-refractivity contribution in [1.82, 2.24) is 24.7 Å². The van der Waals surface area contributed by atoms with Crippen molar-refractivity contribution in [1.29, 1.82) is 0 Å². The van der Waals surface area contributed by atoms with Gasteiger partial charge in [0, 0.05) is 54.9 Å². The van der Waals surface area contributed by atoms with Gasteiger partial charge < -0.3 is 15.2 Å². The molecular weight excluding hydrogens is 551 g/mol. The minimum atomic E-state index is -0.662. The van der Waals surface area contributed by atoms with Gasteiger partial charge in [0.2, 0.25) is 5.95 Å². The number of pyridine rings is 2. The van der Waals surface area contributed by atoms with Crippen molar-refractivity contribution in [3.8, 4) is 22.3 Å². The van der Waals surface area contributed by atoms with Crippen LogP contribution in [0.25, 0.3) is 44.2 Å². The topological polar surface area (TPSA) is 88.7 Å². The van der Waals surface area contributed by atoms with Crippen LogP contribution in [-0.4, -0.2) is 43.9 Å². The van der Waals surface area contributed by atoms with E-state index in [4.69, 9.17) is 10.7 Å². The van der Waals surface area contributed by atoms with Crippen molar-refractivity contribution in [2.75, 3.05) is 18.0 Å². The quantitative estimate of drug-likeness (QED) is 0.231. The van der Waals surface area contributed by atoms with Gasteiger partial charge in [-0.05, 0) is 73.7 Å². The first-order valence-corrected chi connectivity index (χ1v) is 14.3. The predicted octanol–water partition coefficient (Wildman–Crippen LogP) is 6.90. The molecule has 1 fully saturated rings. The molecule has 218 valence electrons. The van der Waals surface area contributed by atoms with Crippen molar-refractivity contribution in [3.05, 3.63) is 96.0 Å². The normalized spacial score (nSPS) is 15.1. The highest BCUT2D eigenvalue weighted by molar-refractivity contribution is 6.08. The molecular formula is C33H30F3N7. The molecule has 7 nitrogen and oxygen atoms in total. The Morgan fingerprint density at radius 3 is 2.40 bits per heavy atom. The molecule has 1 saturated heterocycles. The van der Waals surface area contributed by atoms with E-state index in [-0.39, 0.29) is 12.1 Å².